The lowest BCUT2D eigenvalue weighted by Gasteiger charge is -2.16. The summed E-state index contributed by atoms with van der Waals surface area (Å²) in [4.78, 5) is 18.8. The third-order valence-corrected chi connectivity index (χ3v) is 4.66. The molecule has 0 N–H and O–H groups in total. The average molecular weight is 377 g/mol. The number of carbonyl (C=O) groups is 1. The Bertz CT molecular complexity index is 831. The summed E-state index contributed by atoms with van der Waals surface area (Å²) in [5.74, 6) is -0.116. The molecule has 6 heteroatoms. The number of benzene rings is 2. The summed E-state index contributed by atoms with van der Waals surface area (Å²) in [5, 5.41) is 1.98. The molecule has 0 atom stereocenters. The molecule has 3 nitrogen and oxygen atoms in total. The number of hydrogen-bond acceptors (Lipinski definition) is 3. The van der Waals surface area contributed by atoms with Gasteiger partial charge in [-0.1, -0.05) is 59.2 Å². The molecule has 0 fully saturated rings. The minimum atomic E-state index is -0.116. The molecule has 0 bridgehead atoms. The van der Waals surface area contributed by atoms with Crippen LogP contribution in [0.3, 0.4) is 0 Å². The van der Waals surface area contributed by atoms with E-state index in [1.807, 2.05) is 42.7 Å². The van der Waals surface area contributed by atoms with E-state index in [-0.39, 0.29) is 5.91 Å². The van der Waals surface area contributed by atoms with E-state index in [1.54, 1.807) is 23.1 Å². The summed E-state index contributed by atoms with van der Waals surface area (Å²) in [5.41, 5.74) is 2.26. The van der Waals surface area contributed by atoms with Crippen molar-refractivity contribution in [3.05, 3.63) is 75.4 Å². The maximum atomic E-state index is 12.7. The van der Waals surface area contributed by atoms with Crippen LogP contribution < -0.4 is 0 Å². The first-order chi connectivity index (χ1) is 11.6. The standard InChI is InChI=1S/C18H14Cl2N2OS/c1-24-18-21-16(10-13-3-2-4-15(20)9-13)17(23)22(18)11-12-5-7-14(19)8-6-12/h2-10H,11H2,1H3/b16-10-. The van der Waals surface area contributed by atoms with Crippen molar-refractivity contribution >= 4 is 52.1 Å². The molecular weight excluding hydrogens is 363 g/mol. The fraction of sp³-hybridized carbons (Fsp3) is 0.111. The number of amidine groups is 1. The van der Waals surface area contributed by atoms with Crippen molar-refractivity contribution in [2.75, 3.05) is 6.26 Å². The van der Waals surface area contributed by atoms with E-state index < -0.39 is 0 Å². The van der Waals surface area contributed by atoms with E-state index >= 15 is 0 Å². The van der Waals surface area contributed by atoms with Crippen LogP contribution in [0.15, 0.2) is 59.2 Å². The van der Waals surface area contributed by atoms with Crippen LogP contribution in [0, 0.1) is 0 Å². The molecule has 0 radical (unpaired) electrons. The van der Waals surface area contributed by atoms with Gasteiger partial charge in [-0.05, 0) is 47.7 Å². The summed E-state index contributed by atoms with van der Waals surface area (Å²) in [6.45, 7) is 0.461. The van der Waals surface area contributed by atoms with Crippen molar-refractivity contribution in [1.29, 1.82) is 0 Å². The molecule has 3 rings (SSSR count). The minimum absolute atomic E-state index is 0.116. The molecule has 24 heavy (non-hydrogen) atoms. The first kappa shape index (κ1) is 17.1. The van der Waals surface area contributed by atoms with E-state index in [9.17, 15) is 4.79 Å². The highest BCUT2D eigenvalue weighted by Crippen LogP contribution is 2.25. The molecule has 2 aromatic carbocycles. The van der Waals surface area contributed by atoms with Crippen LogP contribution in [0.25, 0.3) is 6.08 Å². The number of hydrogen-bond donors (Lipinski definition) is 0. The molecule has 122 valence electrons. The minimum Gasteiger partial charge on any atom is -0.281 e. The monoisotopic (exact) mass is 376 g/mol. The Morgan fingerprint density at radius 2 is 1.88 bits per heavy atom. The fourth-order valence-corrected chi connectivity index (χ4v) is 3.23. The summed E-state index contributed by atoms with van der Waals surface area (Å²) >= 11 is 13.4. The van der Waals surface area contributed by atoms with Crippen LogP contribution in [-0.4, -0.2) is 22.2 Å². The molecule has 0 spiro atoms. The summed E-state index contributed by atoms with van der Waals surface area (Å²) < 4.78 is 0. The maximum absolute atomic E-state index is 12.7. The molecule has 0 aliphatic carbocycles. The highest BCUT2D eigenvalue weighted by Gasteiger charge is 2.29. The van der Waals surface area contributed by atoms with Crippen LogP contribution in [-0.2, 0) is 11.3 Å². The van der Waals surface area contributed by atoms with Gasteiger partial charge in [0.1, 0.15) is 5.70 Å². The SMILES string of the molecule is CSC1=N/C(=C\c2cccc(Cl)c2)C(=O)N1Cc1ccc(Cl)cc1. The van der Waals surface area contributed by atoms with Gasteiger partial charge < -0.3 is 0 Å². The Hall–Kier alpha value is -1.75. The van der Waals surface area contributed by atoms with Crippen molar-refractivity contribution in [2.24, 2.45) is 4.99 Å². The lowest BCUT2D eigenvalue weighted by atomic mass is 10.2. The van der Waals surface area contributed by atoms with Gasteiger partial charge in [0.05, 0.1) is 6.54 Å². The van der Waals surface area contributed by atoms with E-state index in [4.69, 9.17) is 23.2 Å². The number of aliphatic imine (C=N–C) groups is 1. The van der Waals surface area contributed by atoms with Crippen molar-refractivity contribution in [2.45, 2.75) is 6.54 Å². The average Bonchev–Trinajstić information content (AvgIpc) is 2.86. The molecule has 0 saturated heterocycles. The second-order valence-electron chi connectivity index (χ2n) is 5.20. The number of amides is 1. The van der Waals surface area contributed by atoms with Gasteiger partial charge >= 0.3 is 0 Å². The third kappa shape index (κ3) is 3.83. The van der Waals surface area contributed by atoms with Gasteiger partial charge in [-0.2, -0.15) is 0 Å². The third-order valence-electron chi connectivity index (χ3n) is 3.50. The van der Waals surface area contributed by atoms with Crippen LogP contribution in [0.2, 0.25) is 10.0 Å². The Morgan fingerprint density at radius 3 is 2.54 bits per heavy atom. The molecular formula is C18H14Cl2N2OS. The quantitative estimate of drug-likeness (QED) is 0.698. The van der Waals surface area contributed by atoms with Crippen LogP contribution in [0.1, 0.15) is 11.1 Å². The van der Waals surface area contributed by atoms with Gasteiger partial charge in [-0.15, -0.1) is 0 Å². The summed E-state index contributed by atoms with van der Waals surface area (Å²) in [6, 6.07) is 14.8. The molecule has 1 aliphatic heterocycles. The number of rotatable bonds is 3. The molecule has 0 saturated carbocycles. The first-order valence-electron chi connectivity index (χ1n) is 7.23. The Balaban J connectivity index is 1.86. The normalized spacial score (nSPS) is 16.0. The molecule has 1 amide bonds. The fourth-order valence-electron chi connectivity index (χ4n) is 2.35. The van der Waals surface area contributed by atoms with Crippen molar-refractivity contribution < 1.29 is 4.79 Å². The van der Waals surface area contributed by atoms with Crippen LogP contribution in [0.4, 0.5) is 0 Å². The zero-order chi connectivity index (χ0) is 17.1. The molecule has 1 aliphatic rings. The zero-order valence-electron chi connectivity index (χ0n) is 12.9. The van der Waals surface area contributed by atoms with Crippen molar-refractivity contribution in [3.63, 3.8) is 0 Å². The Kier molecular flexibility index (Phi) is 5.29. The number of halogens is 2. The molecule has 0 unspecified atom stereocenters. The molecule has 0 aromatic heterocycles. The number of nitrogens with zero attached hydrogens (tertiary/aromatic N) is 2. The topological polar surface area (TPSA) is 32.7 Å². The predicted molar refractivity (Wildman–Crippen MR) is 102 cm³/mol. The van der Waals surface area contributed by atoms with E-state index in [0.29, 0.717) is 27.5 Å². The van der Waals surface area contributed by atoms with Gasteiger partial charge in [0.25, 0.3) is 5.91 Å². The van der Waals surface area contributed by atoms with Crippen LogP contribution in [0.5, 0.6) is 0 Å². The second-order valence-corrected chi connectivity index (χ2v) is 6.85. The second kappa shape index (κ2) is 7.43. The highest BCUT2D eigenvalue weighted by molar-refractivity contribution is 8.13. The summed E-state index contributed by atoms with van der Waals surface area (Å²) in [6.07, 6.45) is 3.66. The Labute approximate surface area is 155 Å². The zero-order valence-corrected chi connectivity index (χ0v) is 15.2. The molecule has 2 aromatic rings. The Morgan fingerprint density at radius 1 is 1.12 bits per heavy atom. The van der Waals surface area contributed by atoms with Crippen molar-refractivity contribution in [3.8, 4) is 0 Å². The van der Waals surface area contributed by atoms with Gasteiger partial charge in [-0.25, -0.2) is 4.99 Å². The highest BCUT2D eigenvalue weighted by atomic mass is 35.5. The van der Waals surface area contributed by atoms with Crippen LogP contribution >= 0.6 is 35.0 Å². The van der Waals surface area contributed by atoms with E-state index in [1.165, 1.54) is 11.8 Å². The first-order valence-corrected chi connectivity index (χ1v) is 9.21. The lowest BCUT2D eigenvalue weighted by Crippen LogP contribution is -2.29. The smallest absolute Gasteiger partial charge is 0.278 e. The van der Waals surface area contributed by atoms with E-state index in [0.717, 1.165) is 11.1 Å². The maximum Gasteiger partial charge on any atom is 0.278 e. The van der Waals surface area contributed by atoms with Gasteiger partial charge in [0, 0.05) is 10.0 Å². The van der Waals surface area contributed by atoms with Gasteiger partial charge in [0.15, 0.2) is 5.17 Å². The predicted octanol–water partition coefficient (Wildman–Crippen LogP) is 5.10. The lowest BCUT2D eigenvalue weighted by molar-refractivity contribution is -0.122. The molecule has 1 heterocycles. The van der Waals surface area contributed by atoms with Gasteiger partial charge in [0.2, 0.25) is 0 Å². The van der Waals surface area contributed by atoms with Gasteiger partial charge in [-0.3, -0.25) is 9.69 Å². The number of thioether (sulfide) groups is 1. The summed E-state index contributed by atoms with van der Waals surface area (Å²) in [7, 11) is 0. The largest absolute Gasteiger partial charge is 0.281 e. The number of carbonyl (C=O) groups excluding carboxylic acids is 1. The van der Waals surface area contributed by atoms with Crippen molar-refractivity contribution in [1.82, 2.24) is 4.90 Å². The van der Waals surface area contributed by atoms with E-state index in [2.05, 4.69) is 4.99 Å².